The van der Waals surface area contributed by atoms with E-state index in [1.807, 2.05) is 6.92 Å². The van der Waals surface area contributed by atoms with Gasteiger partial charge in [-0.1, -0.05) is 90.9 Å². The van der Waals surface area contributed by atoms with E-state index in [9.17, 15) is 14.7 Å². The maximum Gasteiger partial charge on any atom is 0.345 e. The smallest absolute Gasteiger partial charge is 0.345 e. The summed E-state index contributed by atoms with van der Waals surface area (Å²) in [6.07, 6.45) is 16.8. The summed E-state index contributed by atoms with van der Waals surface area (Å²) in [5.74, 6) is -0.977. The fourth-order valence-corrected chi connectivity index (χ4v) is 3.69. The molecule has 0 radical (unpaired) electrons. The van der Waals surface area contributed by atoms with Gasteiger partial charge in [0.05, 0.1) is 0 Å². The minimum Gasteiger partial charge on any atom is -0.511 e. The largest absolute Gasteiger partial charge is 0.511 e. The maximum atomic E-state index is 12.1. The lowest BCUT2D eigenvalue weighted by atomic mass is 9.96. The Kier molecular flexibility index (Phi) is 12.9. The summed E-state index contributed by atoms with van der Waals surface area (Å²) in [5.41, 5.74) is -0.106. The Balaban J connectivity index is 2.11. The summed E-state index contributed by atoms with van der Waals surface area (Å²) >= 11 is 0. The third-order valence-corrected chi connectivity index (χ3v) is 5.34. The molecule has 1 saturated heterocycles. The van der Waals surface area contributed by atoms with Crippen molar-refractivity contribution >= 4 is 11.8 Å². The monoisotopic (exact) mass is 380 g/mol. The lowest BCUT2D eigenvalue weighted by Crippen LogP contribution is -2.33. The molecule has 4 nitrogen and oxygen atoms in total. The Hall–Kier alpha value is -1.32. The number of allylic oxidation sites excluding steroid dienone is 1. The second-order valence-corrected chi connectivity index (χ2v) is 7.90. The molecule has 1 rings (SSSR count). The number of ketones is 1. The first-order chi connectivity index (χ1) is 13.1. The molecule has 1 aliphatic rings. The summed E-state index contributed by atoms with van der Waals surface area (Å²) in [6, 6.07) is 0. The van der Waals surface area contributed by atoms with Gasteiger partial charge < -0.3 is 9.84 Å². The van der Waals surface area contributed by atoms with Gasteiger partial charge in [0.1, 0.15) is 17.4 Å². The van der Waals surface area contributed by atoms with E-state index in [-0.39, 0.29) is 29.6 Å². The van der Waals surface area contributed by atoms with Crippen molar-refractivity contribution in [3.63, 3.8) is 0 Å². The van der Waals surface area contributed by atoms with Gasteiger partial charge in [0, 0.05) is 12.8 Å². The van der Waals surface area contributed by atoms with Crippen molar-refractivity contribution in [3.8, 4) is 0 Å². The van der Waals surface area contributed by atoms with Crippen LogP contribution in [0.2, 0.25) is 0 Å². The number of hydrogen-bond donors (Lipinski definition) is 1. The van der Waals surface area contributed by atoms with Crippen LogP contribution in [-0.4, -0.2) is 23.0 Å². The number of aliphatic hydroxyl groups is 1. The van der Waals surface area contributed by atoms with Crippen LogP contribution in [-0.2, 0) is 14.3 Å². The molecule has 0 bridgehead atoms. The average Bonchev–Trinajstić information content (AvgIpc) is 2.62. The molecule has 1 aliphatic heterocycles. The third kappa shape index (κ3) is 9.97. The molecule has 156 valence electrons. The first kappa shape index (κ1) is 23.7. The number of ether oxygens (including phenoxy) is 1. The third-order valence-electron chi connectivity index (χ3n) is 5.34. The fourth-order valence-electron chi connectivity index (χ4n) is 3.69. The van der Waals surface area contributed by atoms with Crippen molar-refractivity contribution in [1.82, 2.24) is 0 Å². The van der Waals surface area contributed by atoms with E-state index in [0.29, 0.717) is 12.8 Å². The Bertz CT molecular complexity index is 447. The number of esters is 1. The van der Waals surface area contributed by atoms with Gasteiger partial charge >= 0.3 is 5.97 Å². The molecule has 0 saturated carbocycles. The van der Waals surface area contributed by atoms with Gasteiger partial charge in [-0.05, 0) is 12.8 Å². The molecule has 4 heteroatoms. The predicted octanol–water partition coefficient (Wildman–Crippen LogP) is 6.57. The molecule has 0 aromatic carbocycles. The van der Waals surface area contributed by atoms with Crippen LogP contribution in [0.3, 0.4) is 0 Å². The molecule has 0 aromatic rings. The topological polar surface area (TPSA) is 63.6 Å². The Morgan fingerprint density at radius 1 is 0.852 bits per heavy atom. The maximum absolute atomic E-state index is 12.1. The number of cyclic esters (lactones) is 1. The number of carbonyl (C=O) groups excluding carboxylic acids is 2. The van der Waals surface area contributed by atoms with Crippen LogP contribution in [0.5, 0.6) is 0 Å². The number of hydrogen-bond acceptors (Lipinski definition) is 4. The quantitative estimate of drug-likeness (QED) is 0.115. The highest BCUT2D eigenvalue weighted by Crippen LogP contribution is 2.24. The van der Waals surface area contributed by atoms with Crippen LogP contribution in [0.4, 0.5) is 0 Å². The summed E-state index contributed by atoms with van der Waals surface area (Å²) in [7, 11) is 0. The van der Waals surface area contributed by atoms with Gasteiger partial charge in [-0.25, -0.2) is 4.79 Å². The van der Waals surface area contributed by atoms with E-state index in [1.54, 1.807) is 0 Å². The van der Waals surface area contributed by atoms with E-state index in [2.05, 4.69) is 6.92 Å². The van der Waals surface area contributed by atoms with Crippen LogP contribution in [0.1, 0.15) is 117 Å². The Morgan fingerprint density at radius 2 is 1.37 bits per heavy atom. The summed E-state index contributed by atoms with van der Waals surface area (Å²) in [6.45, 7) is 4.24. The van der Waals surface area contributed by atoms with Crippen molar-refractivity contribution in [2.75, 3.05) is 0 Å². The lowest BCUT2D eigenvalue weighted by molar-refractivity contribution is -0.151. The molecule has 0 aromatic heterocycles. The predicted molar refractivity (Wildman–Crippen MR) is 110 cm³/mol. The van der Waals surface area contributed by atoms with Crippen LogP contribution in [0, 0.1) is 0 Å². The van der Waals surface area contributed by atoms with Gasteiger partial charge in [-0.3, -0.25) is 4.79 Å². The van der Waals surface area contributed by atoms with Crippen molar-refractivity contribution < 1.29 is 19.4 Å². The minimum absolute atomic E-state index is 0.0768. The number of carbonyl (C=O) groups is 2. The molecule has 1 N–H and O–H groups in total. The standard InChI is InChI=1S/C23H40O4/c1-3-5-6-7-8-9-10-11-12-13-14-15-17-20(24)22-21(25)18-19(16-4-2)27-23(22)26/h19,24H,3-18H2,1-2H3. The molecular formula is C23H40O4. The molecule has 1 heterocycles. The fraction of sp³-hybridized carbons (Fsp3) is 0.826. The Morgan fingerprint density at radius 3 is 1.85 bits per heavy atom. The van der Waals surface area contributed by atoms with Gasteiger partial charge in [0.2, 0.25) is 0 Å². The van der Waals surface area contributed by atoms with E-state index in [0.717, 1.165) is 25.7 Å². The number of rotatable bonds is 15. The number of unbranched alkanes of at least 4 members (excludes halogenated alkanes) is 11. The molecule has 1 atom stereocenters. The first-order valence-electron chi connectivity index (χ1n) is 11.3. The zero-order valence-corrected chi connectivity index (χ0v) is 17.6. The van der Waals surface area contributed by atoms with Gasteiger partial charge in [-0.2, -0.15) is 0 Å². The van der Waals surface area contributed by atoms with E-state index >= 15 is 0 Å². The van der Waals surface area contributed by atoms with Gasteiger partial charge in [0.25, 0.3) is 0 Å². The zero-order chi connectivity index (χ0) is 19.9. The normalized spacial score (nSPS) is 19.3. The summed E-state index contributed by atoms with van der Waals surface area (Å²) < 4.78 is 5.27. The second kappa shape index (κ2) is 14.7. The lowest BCUT2D eigenvalue weighted by Gasteiger charge is -2.23. The average molecular weight is 381 g/mol. The van der Waals surface area contributed by atoms with Crippen molar-refractivity contribution in [2.24, 2.45) is 0 Å². The highest BCUT2D eigenvalue weighted by molar-refractivity contribution is 6.19. The number of Topliss-reactive ketones (excluding diaryl/α,β-unsaturated/α-hetero) is 1. The van der Waals surface area contributed by atoms with E-state index in [4.69, 9.17) is 4.74 Å². The van der Waals surface area contributed by atoms with Crippen molar-refractivity contribution in [1.29, 1.82) is 0 Å². The van der Waals surface area contributed by atoms with Crippen LogP contribution in [0.15, 0.2) is 11.3 Å². The molecular weight excluding hydrogens is 340 g/mol. The molecule has 1 unspecified atom stereocenters. The van der Waals surface area contributed by atoms with Gasteiger partial charge in [0.15, 0.2) is 5.78 Å². The zero-order valence-electron chi connectivity index (χ0n) is 17.6. The SMILES string of the molecule is CCCCCCCCCCCCCCC(O)=C1C(=O)CC(CCC)OC1=O. The highest BCUT2D eigenvalue weighted by atomic mass is 16.5. The van der Waals surface area contributed by atoms with E-state index in [1.165, 1.54) is 57.8 Å². The van der Waals surface area contributed by atoms with Crippen molar-refractivity contribution in [3.05, 3.63) is 11.3 Å². The molecule has 27 heavy (non-hydrogen) atoms. The van der Waals surface area contributed by atoms with Crippen LogP contribution < -0.4 is 0 Å². The molecule has 1 fully saturated rings. The summed E-state index contributed by atoms with van der Waals surface area (Å²) in [5, 5.41) is 10.2. The second-order valence-electron chi connectivity index (χ2n) is 7.90. The molecule has 0 amide bonds. The van der Waals surface area contributed by atoms with E-state index < -0.39 is 5.97 Å². The summed E-state index contributed by atoms with van der Waals surface area (Å²) in [4.78, 5) is 24.1. The highest BCUT2D eigenvalue weighted by Gasteiger charge is 2.34. The van der Waals surface area contributed by atoms with Gasteiger partial charge in [-0.15, -0.1) is 0 Å². The Labute approximate surface area is 165 Å². The van der Waals surface area contributed by atoms with Crippen LogP contribution in [0.25, 0.3) is 0 Å². The first-order valence-corrected chi connectivity index (χ1v) is 11.3. The number of aliphatic hydroxyl groups excluding tert-OH is 1. The molecule has 0 aliphatic carbocycles. The minimum atomic E-state index is -0.638. The van der Waals surface area contributed by atoms with Crippen LogP contribution >= 0.6 is 0 Å². The molecule has 0 spiro atoms. The van der Waals surface area contributed by atoms with Crippen molar-refractivity contribution in [2.45, 2.75) is 123 Å².